The highest BCUT2D eigenvalue weighted by Gasteiger charge is 2.37. The first-order valence-electron chi connectivity index (χ1n) is 3.94. The molecule has 0 saturated carbocycles. The number of nitrogens with two attached hydrogens (primary N) is 1. The van der Waals surface area contributed by atoms with E-state index in [1.54, 1.807) is 0 Å². The van der Waals surface area contributed by atoms with Crippen molar-refractivity contribution in [2.75, 3.05) is 0 Å². The van der Waals surface area contributed by atoms with Crippen molar-refractivity contribution in [2.24, 2.45) is 5.73 Å². The third kappa shape index (κ3) is 2.17. The van der Waals surface area contributed by atoms with Gasteiger partial charge in [0.2, 0.25) is 0 Å². The first-order chi connectivity index (χ1) is 6.32. The molecular formula is C9H10F3NO. The van der Waals surface area contributed by atoms with Gasteiger partial charge in [-0.05, 0) is 24.1 Å². The zero-order chi connectivity index (χ0) is 10.9. The molecule has 1 atom stereocenters. The number of phenols is 1. The van der Waals surface area contributed by atoms with Crippen LogP contribution in [0.15, 0.2) is 18.2 Å². The summed E-state index contributed by atoms with van der Waals surface area (Å²) in [7, 11) is 0. The molecule has 0 fully saturated rings. The van der Waals surface area contributed by atoms with Crippen LogP contribution in [-0.2, 0) is 0 Å². The van der Waals surface area contributed by atoms with E-state index in [2.05, 4.69) is 0 Å². The van der Waals surface area contributed by atoms with Crippen LogP contribution in [0.1, 0.15) is 17.2 Å². The van der Waals surface area contributed by atoms with Gasteiger partial charge in [-0.15, -0.1) is 0 Å². The smallest absolute Gasteiger partial charge is 0.407 e. The van der Waals surface area contributed by atoms with E-state index in [-0.39, 0.29) is 11.3 Å². The summed E-state index contributed by atoms with van der Waals surface area (Å²) in [5.74, 6) is -0.0388. The summed E-state index contributed by atoms with van der Waals surface area (Å²) < 4.78 is 36.5. The summed E-state index contributed by atoms with van der Waals surface area (Å²) in [4.78, 5) is 0. The lowest BCUT2D eigenvalue weighted by Crippen LogP contribution is -2.28. The summed E-state index contributed by atoms with van der Waals surface area (Å²) >= 11 is 0. The van der Waals surface area contributed by atoms with Crippen molar-refractivity contribution in [3.63, 3.8) is 0 Å². The number of hydrogen-bond donors (Lipinski definition) is 2. The molecule has 0 bridgehead atoms. The van der Waals surface area contributed by atoms with Crippen molar-refractivity contribution in [1.29, 1.82) is 0 Å². The monoisotopic (exact) mass is 205 g/mol. The molecule has 1 aromatic carbocycles. The summed E-state index contributed by atoms with van der Waals surface area (Å²) in [6, 6.07) is 1.60. The second kappa shape index (κ2) is 3.49. The van der Waals surface area contributed by atoms with Gasteiger partial charge in [-0.25, -0.2) is 0 Å². The normalized spacial score (nSPS) is 14.1. The van der Waals surface area contributed by atoms with E-state index in [4.69, 9.17) is 10.8 Å². The third-order valence-electron chi connectivity index (χ3n) is 1.93. The Bertz CT molecular complexity index is 335. The Morgan fingerprint density at radius 1 is 1.36 bits per heavy atom. The second-order valence-corrected chi connectivity index (χ2v) is 3.07. The van der Waals surface area contributed by atoms with E-state index in [0.717, 1.165) is 0 Å². The molecule has 0 amide bonds. The lowest BCUT2D eigenvalue weighted by atomic mass is 10.0. The average molecular weight is 205 g/mol. The van der Waals surface area contributed by atoms with Gasteiger partial charge in [-0.1, -0.05) is 12.1 Å². The average Bonchev–Trinajstić information content (AvgIpc) is 2.07. The van der Waals surface area contributed by atoms with E-state index >= 15 is 0 Å². The lowest BCUT2D eigenvalue weighted by Gasteiger charge is -2.16. The molecule has 0 aliphatic heterocycles. The van der Waals surface area contributed by atoms with E-state index in [1.165, 1.54) is 25.1 Å². The molecule has 78 valence electrons. The topological polar surface area (TPSA) is 46.2 Å². The highest BCUT2D eigenvalue weighted by Crippen LogP contribution is 2.32. The van der Waals surface area contributed by atoms with Gasteiger partial charge < -0.3 is 10.8 Å². The van der Waals surface area contributed by atoms with Gasteiger partial charge in [0.1, 0.15) is 11.8 Å². The van der Waals surface area contributed by atoms with Crippen LogP contribution in [-0.4, -0.2) is 11.3 Å². The quantitative estimate of drug-likeness (QED) is 0.738. The fourth-order valence-corrected chi connectivity index (χ4v) is 1.06. The standard InChI is InChI=1S/C9H10F3NO/c1-5-4-6(2-3-7(5)14)8(13)9(10,11)12/h2-4,8,14H,13H2,1H3. The molecule has 1 unspecified atom stereocenters. The SMILES string of the molecule is Cc1cc(C(N)C(F)(F)F)ccc1O. The molecule has 14 heavy (non-hydrogen) atoms. The summed E-state index contributed by atoms with van der Waals surface area (Å²) in [5, 5.41) is 9.11. The number of aryl methyl sites for hydroxylation is 1. The Kier molecular flexibility index (Phi) is 2.71. The van der Waals surface area contributed by atoms with Crippen LogP contribution in [0.2, 0.25) is 0 Å². The van der Waals surface area contributed by atoms with E-state index < -0.39 is 12.2 Å². The van der Waals surface area contributed by atoms with Crippen molar-refractivity contribution >= 4 is 0 Å². The molecule has 1 aromatic rings. The maximum absolute atomic E-state index is 12.2. The van der Waals surface area contributed by atoms with Crippen LogP contribution < -0.4 is 5.73 Å². The molecule has 0 saturated heterocycles. The second-order valence-electron chi connectivity index (χ2n) is 3.07. The van der Waals surface area contributed by atoms with Crippen LogP contribution in [0, 0.1) is 6.92 Å². The van der Waals surface area contributed by atoms with Gasteiger partial charge >= 0.3 is 6.18 Å². The minimum Gasteiger partial charge on any atom is -0.508 e. The Balaban J connectivity index is 3.03. The maximum atomic E-state index is 12.2. The van der Waals surface area contributed by atoms with Crippen molar-refractivity contribution in [1.82, 2.24) is 0 Å². The Morgan fingerprint density at radius 2 is 1.93 bits per heavy atom. The Hall–Kier alpha value is -1.23. The van der Waals surface area contributed by atoms with Crippen molar-refractivity contribution in [3.8, 4) is 5.75 Å². The van der Waals surface area contributed by atoms with Gasteiger partial charge in [0.15, 0.2) is 0 Å². The Labute approximate surface area is 79.2 Å². The molecule has 2 nitrogen and oxygen atoms in total. The largest absolute Gasteiger partial charge is 0.508 e. The lowest BCUT2D eigenvalue weighted by molar-refractivity contribution is -0.149. The van der Waals surface area contributed by atoms with Gasteiger partial charge in [0.25, 0.3) is 0 Å². The molecule has 0 spiro atoms. The highest BCUT2D eigenvalue weighted by molar-refractivity contribution is 5.36. The number of hydrogen-bond acceptors (Lipinski definition) is 2. The van der Waals surface area contributed by atoms with E-state index in [1.807, 2.05) is 0 Å². The number of aromatic hydroxyl groups is 1. The molecule has 0 aromatic heterocycles. The van der Waals surface area contributed by atoms with E-state index in [9.17, 15) is 13.2 Å². The Morgan fingerprint density at radius 3 is 2.36 bits per heavy atom. The molecule has 5 heteroatoms. The number of phenolic OH excluding ortho intramolecular Hbond substituents is 1. The molecule has 1 rings (SSSR count). The first-order valence-corrected chi connectivity index (χ1v) is 3.94. The molecule has 3 N–H and O–H groups in total. The number of halogens is 3. The minimum absolute atomic E-state index is 0.0388. The maximum Gasteiger partial charge on any atom is 0.407 e. The highest BCUT2D eigenvalue weighted by atomic mass is 19.4. The number of alkyl halides is 3. The summed E-state index contributed by atoms with van der Waals surface area (Å²) in [5.41, 5.74) is 5.31. The van der Waals surface area contributed by atoms with Crippen molar-refractivity contribution in [3.05, 3.63) is 29.3 Å². The molecular weight excluding hydrogens is 195 g/mol. The summed E-state index contributed by atoms with van der Waals surface area (Å²) in [6.45, 7) is 1.52. The fourth-order valence-electron chi connectivity index (χ4n) is 1.06. The van der Waals surface area contributed by atoms with Crippen LogP contribution in [0.5, 0.6) is 5.75 Å². The van der Waals surface area contributed by atoms with Gasteiger partial charge in [0.05, 0.1) is 0 Å². The van der Waals surface area contributed by atoms with Crippen molar-refractivity contribution < 1.29 is 18.3 Å². The number of benzene rings is 1. The van der Waals surface area contributed by atoms with Gasteiger partial charge in [-0.3, -0.25) is 0 Å². The molecule has 0 aliphatic rings. The van der Waals surface area contributed by atoms with Crippen LogP contribution in [0.25, 0.3) is 0 Å². The van der Waals surface area contributed by atoms with Crippen molar-refractivity contribution in [2.45, 2.75) is 19.1 Å². The van der Waals surface area contributed by atoms with Gasteiger partial charge in [-0.2, -0.15) is 13.2 Å². The van der Waals surface area contributed by atoms with Gasteiger partial charge in [0, 0.05) is 0 Å². The molecule has 0 heterocycles. The van der Waals surface area contributed by atoms with Crippen LogP contribution >= 0.6 is 0 Å². The van der Waals surface area contributed by atoms with E-state index in [0.29, 0.717) is 5.56 Å². The third-order valence-corrected chi connectivity index (χ3v) is 1.93. The summed E-state index contributed by atoms with van der Waals surface area (Å²) in [6.07, 6.45) is -4.45. The number of rotatable bonds is 1. The molecule has 0 radical (unpaired) electrons. The fraction of sp³-hybridized carbons (Fsp3) is 0.333. The van der Waals surface area contributed by atoms with Crippen LogP contribution in [0.3, 0.4) is 0 Å². The minimum atomic E-state index is -4.45. The zero-order valence-corrected chi connectivity index (χ0v) is 7.47. The van der Waals surface area contributed by atoms with Crippen LogP contribution in [0.4, 0.5) is 13.2 Å². The predicted molar refractivity (Wildman–Crippen MR) is 45.8 cm³/mol. The first kappa shape index (κ1) is 10.8. The predicted octanol–water partition coefficient (Wildman–Crippen LogP) is 2.26. The zero-order valence-electron chi connectivity index (χ0n) is 7.47. The molecule has 0 aliphatic carbocycles.